The average Bonchev–Trinajstić information content (AvgIpc) is 2.91. The Bertz CT molecular complexity index is 528. The Morgan fingerprint density at radius 3 is 2.67 bits per heavy atom. The van der Waals surface area contributed by atoms with Gasteiger partial charge in [0.15, 0.2) is 0 Å². The molecule has 0 aromatic carbocycles. The Morgan fingerprint density at radius 2 is 1.90 bits per heavy atom. The summed E-state index contributed by atoms with van der Waals surface area (Å²) in [6, 6.07) is 1.79. The van der Waals surface area contributed by atoms with Crippen LogP contribution in [0.15, 0.2) is 6.07 Å². The maximum Gasteiger partial charge on any atom is 0.308 e. The number of aryl methyl sites for hydroxylation is 2. The zero-order chi connectivity index (χ0) is 14.8. The van der Waals surface area contributed by atoms with Crippen LogP contribution in [-0.2, 0) is 17.6 Å². The van der Waals surface area contributed by atoms with Crippen LogP contribution >= 0.6 is 11.3 Å². The van der Waals surface area contributed by atoms with Crippen LogP contribution in [0.25, 0.3) is 0 Å². The molecule has 0 radical (unpaired) electrons. The Kier molecular flexibility index (Phi) is 4.29. The van der Waals surface area contributed by atoms with E-state index in [0.717, 1.165) is 37.0 Å². The zero-order valence-corrected chi connectivity index (χ0v) is 12.9. The SMILES string of the molecule is O=C(NC1CCCCC1C(=O)O)c1cc2c(s1)CCCC2. The summed E-state index contributed by atoms with van der Waals surface area (Å²) in [4.78, 5) is 25.8. The lowest BCUT2D eigenvalue weighted by Crippen LogP contribution is -2.44. The second-order valence-corrected chi connectivity index (χ2v) is 7.21. The highest BCUT2D eigenvalue weighted by Gasteiger charge is 2.32. The highest BCUT2D eigenvalue weighted by atomic mass is 32.1. The lowest BCUT2D eigenvalue weighted by molar-refractivity contribution is -0.143. The molecule has 1 aromatic heterocycles. The Hall–Kier alpha value is -1.36. The van der Waals surface area contributed by atoms with E-state index in [4.69, 9.17) is 0 Å². The molecule has 2 atom stereocenters. The fourth-order valence-electron chi connectivity index (χ4n) is 3.44. The van der Waals surface area contributed by atoms with E-state index in [1.165, 1.54) is 23.3 Å². The van der Waals surface area contributed by atoms with E-state index >= 15 is 0 Å². The largest absolute Gasteiger partial charge is 0.481 e. The number of fused-ring (bicyclic) bond motifs is 1. The van der Waals surface area contributed by atoms with Crippen LogP contribution in [0.5, 0.6) is 0 Å². The molecule has 1 amide bonds. The minimum atomic E-state index is -0.787. The lowest BCUT2D eigenvalue weighted by Gasteiger charge is -2.29. The number of carboxylic acid groups (broad SMARTS) is 1. The number of rotatable bonds is 3. The molecule has 0 bridgehead atoms. The van der Waals surface area contributed by atoms with Gasteiger partial charge in [-0.2, -0.15) is 0 Å². The highest BCUT2D eigenvalue weighted by molar-refractivity contribution is 7.14. The topological polar surface area (TPSA) is 66.4 Å². The first kappa shape index (κ1) is 14.6. The molecule has 5 heteroatoms. The number of nitrogens with one attached hydrogen (secondary N) is 1. The van der Waals surface area contributed by atoms with Crippen LogP contribution in [-0.4, -0.2) is 23.0 Å². The van der Waals surface area contributed by atoms with Gasteiger partial charge in [0.2, 0.25) is 0 Å². The molecule has 1 aromatic rings. The van der Waals surface area contributed by atoms with Crippen LogP contribution in [0.1, 0.15) is 58.6 Å². The molecule has 4 nitrogen and oxygen atoms in total. The second kappa shape index (κ2) is 6.18. The van der Waals surface area contributed by atoms with Crippen LogP contribution in [0.2, 0.25) is 0 Å². The molecule has 0 saturated heterocycles. The molecular weight excluding hydrogens is 286 g/mol. The van der Waals surface area contributed by atoms with E-state index in [2.05, 4.69) is 5.32 Å². The lowest BCUT2D eigenvalue weighted by atomic mass is 9.84. The predicted molar refractivity (Wildman–Crippen MR) is 81.8 cm³/mol. The van der Waals surface area contributed by atoms with Gasteiger partial charge in [-0.3, -0.25) is 9.59 Å². The van der Waals surface area contributed by atoms with Crippen LogP contribution in [0.4, 0.5) is 0 Å². The standard InChI is InChI=1S/C16H21NO3S/c18-15(14-9-10-5-1-4-8-13(10)21-14)17-12-7-3-2-6-11(12)16(19)20/h9,11-12H,1-8H2,(H,17,18)(H,19,20). The predicted octanol–water partition coefficient (Wildman–Crippen LogP) is 3.00. The van der Waals surface area contributed by atoms with Gasteiger partial charge < -0.3 is 10.4 Å². The fourth-order valence-corrected chi connectivity index (χ4v) is 4.60. The summed E-state index contributed by atoms with van der Waals surface area (Å²) in [5.41, 5.74) is 1.31. The van der Waals surface area contributed by atoms with Gasteiger partial charge in [0.1, 0.15) is 0 Å². The number of thiophene rings is 1. The molecular formula is C16H21NO3S. The van der Waals surface area contributed by atoms with Gasteiger partial charge in [-0.1, -0.05) is 12.8 Å². The Balaban J connectivity index is 1.70. The number of aliphatic carboxylic acids is 1. The molecule has 2 N–H and O–H groups in total. The smallest absolute Gasteiger partial charge is 0.308 e. The van der Waals surface area contributed by atoms with E-state index < -0.39 is 11.9 Å². The second-order valence-electron chi connectivity index (χ2n) is 6.08. The molecule has 2 aliphatic rings. The van der Waals surface area contributed by atoms with Crippen molar-refractivity contribution in [1.82, 2.24) is 5.32 Å². The summed E-state index contributed by atoms with van der Waals surface area (Å²) in [5.74, 6) is -1.31. The molecule has 1 fully saturated rings. The van der Waals surface area contributed by atoms with E-state index in [-0.39, 0.29) is 11.9 Å². The Morgan fingerprint density at radius 1 is 1.14 bits per heavy atom. The summed E-state index contributed by atoms with van der Waals surface area (Å²) in [5, 5.41) is 12.2. The fraction of sp³-hybridized carbons (Fsp3) is 0.625. The first-order chi connectivity index (χ1) is 10.1. The normalized spacial score (nSPS) is 25.1. The molecule has 0 spiro atoms. The van der Waals surface area contributed by atoms with Gasteiger partial charge in [-0.05, 0) is 50.2 Å². The van der Waals surface area contributed by atoms with Crippen LogP contribution in [0, 0.1) is 5.92 Å². The van der Waals surface area contributed by atoms with Crippen molar-refractivity contribution in [3.8, 4) is 0 Å². The first-order valence-corrected chi connectivity index (χ1v) is 8.62. The first-order valence-electron chi connectivity index (χ1n) is 7.80. The minimum Gasteiger partial charge on any atom is -0.481 e. The molecule has 2 aliphatic carbocycles. The maximum absolute atomic E-state index is 12.4. The van der Waals surface area contributed by atoms with Crippen molar-refractivity contribution in [2.45, 2.75) is 57.4 Å². The third kappa shape index (κ3) is 3.12. The maximum atomic E-state index is 12.4. The van der Waals surface area contributed by atoms with Crippen LogP contribution in [0.3, 0.4) is 0 Å². The van der Waals surface area contributed by atoms with Crippen molar-refractivity contribution >= 4 is 23.2 Å². The van der Waals surface area contributed by atoms with Crippen molar-refractivity contribution < 1.29 is 14.7 Å². The summed E-state index contributed by atoms with van der Waals surface area (Å²) >= 11 is 1.58. The van der Waals surface area contributed by atoms with Gasteiger partial charge in [-0.25, -0.2) is 0 Å². The Labute approximate surface area is 128 Å². The van der Waals surface area contributed by atoms with Gasteiger partial charge in [0, 0.05) is 10.9 Å². The van der Waals surface area contributed by atoms with Crippen LogP contribution < -0.4 is 5.32 Å². The number of hydrogen-bond acceptors (Lipinski definition) is 3. The van der Waals surface area contributed by atoms with E-state index in [1.54, 1.807) is 11.3 Å². The quantitative estimate of drug-likeness (QED) is 0.902. The number of amides is 1. The van der Waals surface area contributed by atoms with E-state index in [1.807, 2.05) is 6.07 Å². The van der Waals surface area contributed by atoms with Gasteiger partial charge in [-0.15, -0.1) is 11.3 Å². The number of carbonyl (C=O) groups is 2. The monoisotopic (exact) mass is 307 g/mol. The van der Waals surface area contributed by atoms with Crippen molar-refractivity contribution in [2.24, 2.45) is 5.92 Å². The van der Waals surface area contributed by atoms with Crippen molar-refractivity contribution in [1.29, 1.82) is 0 Å². The molecule has 3 rings (SSSR count). The summed E-state index contributed by atoms with van der Waals surface area (Å²) in [6.45, 7) is 0. The molecule has 0 aliphatic heterocycles. The van der Waals surface area contributed by atoms with E-state index in [0.29, 0.717) is 6.42 Å². The molecule has 1 saturated carbocycles. The summed E-state index contributed by atoms with van der Waals surface area (Å²) in [7, 11) is 0. The van der Waals surface area contributed by atoms with Gasteiger partial charge in [0.05, 0.1) is 10.8 Å². The summed E-state index contributed by atoms with van der Waals surface area (Å²) < 4.78 is 0. The zero-order valence-electron chi connectivity index (χ0n) is 12.1. The number of carboxylic acids is 1. The van der Waals surface area contributed by atoms with Crippen molar-refractivity contribution in [2.75, 3.05) is 0 Å². The van der Waals surface area contributed by atoms with E-state index in [9.17, 15) is 14.7 Å². The highest BCUT2D eigenvalue weighted by Crippen LogP contribution is 2.30. The number of carbonyl (C=O) groups excluding carboxylic acids is 1. The molecule has 2 unspecified atom stereocenters. The minimum absolute atomic E-state index is 0.0902. The average molecular weight is 307 g/mol. The van der Waals surface area contributed by atoms with Crippen molar-refractivity contribution in [3.63, 3.8) is 0 Å². The van der Waals surface area contributed by atoms with Gasteiger partial charge >= 0.3 is 5.97 Å². The number of hydrogen-bond donors (Lipinski definition) is 2. The molecule has 1 heterocycles. The third-order valence-corrected chi connectivity index (χ3v) is 5.86. The third-order valence-electron chi connectivity index (χ3n) is 4.62. The molecule has 21 heavy (non-hydrogen) atoms. The van der Waals surface area contributed by atoms with Gasteiger partial charge in [0.25, 0.3) is 5.91 Å². The molecule has 114 valence electrons. The van der Waals surface area contributed by atoms with Crippen molar-refractivity contribution in [3.05, 3.63) is 21.4 Å². The summed E-state index contributed by atoms with van der Waals surface area (Å²) in [6.07, 6.45) is 7.93.